The second kappa shape index (κ2) is 3.70. The van der Waals surface area contributed by atoms with Crippen molar-refractivity contribution in [2.45, 2.75) is 6.17 Å². The highest BCUT2D eigenvalue weighted by Crippen LogP contribution is 2.26. The van der Waals surface area contributed by atoms with Crippen LogP contribution in [0.4, 0.5) is 8.78 Å². The third kappa shape index (κ3) is 2.15. The molecule has 5 heteroatoms. The van der Waals surface area contributed by atoms with Crippen LogP contribution in [-0.2, 0) is 4.79 Å². The van der Waals surface area contributed by atoms with Crippen LogP contribution in [0.3, 0.4) is 0 Å². The van der Waals surface area contributed by atoms with Crippen LogP contribution in [0.15, 0.2) is 18.2 Å². The molecule has 1 aromatic rings. The molecule has 1 N–H and O–H groups in total. The normalized spacial score (nSPS) is 12.5. The molecule has 2 nitrogen and oxygen atoms in total. The van der Waals surface area contributed by atoms with Gasteiger partial charge in [-0.1, -0.05) is 11.6 Å². The van der Waals surface area contributed by atoms with Crippen LogP contribution < -0.4 is 0 Å². The molecule has 0 fully saturated rings. The number of carbonyl (C=O) groups is 1. The van der Waals surface area contributed by atoms with Gasteiger partial charge in [-0.25, -0.2) is 13.6 Å². The van der Waals surface area contributed by atoms with Gasteiger partial charge in [0.2, 0.25) is 6.17 Å². The van der Waals surface area contributed by atoms with E-state index in [0.717, 1.165) is 18.2 Å². The van der Waals surface area contributed by atoms with E-state index in [1.54, 1.807) is 0 Å². The summed E-state index contributed by atoms with van der Waals surface area (Å²) in [5.74, 6) is -2.41. The lowest BCUT2D eigenvalue weighted by atomic mass is 10.1. The van der Waals surface area contributed by atoms with E-state index in [1.807, 2.05) is 0 Å². The smallest absolute Gasteiger partial charge is 0.343 e. The van der Waals surface area contributed by atoms with Crippen LogP contribution in [-0.4, -0.2) is 11.1 Å². The average molecular weight is 207 g/mol. The zero-order chi connectivity index (χ0) is 10.0. The number of alkyl halides is 1. The van der Waals surface area contributed by atoms with Gasteiger partial charge in [0, 0.05) is 10.6 Å². The molecule has 0 amide bonds. The Balaban J connectivity index is 3.12. The summed E-state index contributed by atoms with van der Waals surface area (Å²) in [7, 11) is 0. The van der Waals surface area contributed by atoms with E-state index in [4.69, 9.17) is 16.7 Å². The van der Waals surface area contributed by atoms with E-state index >= 15 is 0 Å². The molecule has 0 aliphatic heterocycles. The van der Waals surface area contributed by atoms with Crippen LogP contribution in [0.5, 0.6) is 0 Å². The van der Waals surface area contributed by atoms with E-state index < -0.39 is 18.0 Å². The highest BCUT2D eigenvalue weighted by Gasteiger charge is 2.21. The van der Waals surface area contributed by atoms with Crippen LogP contribution in [0.2, 0.25) is 5.02 Å². The summed E-state index contributed by atoms with van der Waals surface area (Å²) in [6.45, 7) is 0. The molecule has 1 rings (SSSR count). The van der Waals surface area contributed by atoms with Crippen molar-refractivity contribution in [1.29, 1.82) is 0 Å². The third-order valence-electron chi connectivity index (χ3n) is 1.45. The van der Waals surface area contributed by atoms with Gasteiger partial charge in [-0.3, -0.25) is 0 Å². The van der Waals surface area contributed by atoms with Crippen molar-refractivity contribution in [2.75, 3.05) is 0 Å². The highest BCUT2D eigenvalue weighted by atomic mass is 35.5. The molecule has 1 atom stereocenters. The van der Waals surface area contributed by atoms with Crippen molar-refractivity contribution in [2.24, 2.45) is 0 Å². The van der Waals surface area contributed by atoms with Gasteiger partial charge < -0.3 is 5.11 Å². The number of hydrogen-bond donors (Lipinski definition) is 1. The summed E-state index contributed by atoms with van der Waals surface area (Å²) in [5.41, 5.74) is -0.367. The summed E-state index contributed by atoms with van der Waals surface area (Å²) in [4.78, 5) is 10.2. The molecule has 0 aliphatic carbocycles. The Labute approximate surface area is 77.8 Å². The maximum absolute atomic E-state index is 12.8. The van der Waals surface area contributed by atoms with Gasteiger partial charge in [0.25, 0.3) is 0 Å². The van der Waals surface area contributed by atoms with Crippen LogP contribution in [0, 0.1) is 5.82 Å². The minimum atomic E-state index is -2.29. The molecule has 13 heavy (non-hydrogen) atoms. The molecular formula is C8H5ClF2O2. The van der Waals surface area contributed by atoms with Crippen LogP contribution in [0.1, 0.15) is 11.7 Å². The van der Waals surface area contributed by atoms with Gasteiger partial charge in [-0.2, -0.15) is 0 Å². The predicted octanol–water partition coefficient (Wildman–Crippen LogP) is 2.57. The van der Waals surface area contributed by atoms with E-state index in [2.05, 4.69) is 0 Å². The third-order valence-corrected chi connectivity index (χ3v) is 1.79. The molecule has 0 saturated carbocycles. The standard InChI is InChI=1S/C8H5ClF2O2/c9-6-2-1-4(10)3-5(6)7(11)8(12)13/h1-3,7H,(H,12,13). The van der Waals surface area contributed by atoms with E-state index in [9.17, 15) is 13.6 Å². The molecule has 0 aromatic heterocycles. The molecule has 0 radical (unpaired) electrons. The first-order valence-corrected chi connectivity index (χ1v) is 3.72. The fourth-order valence-electron chi connectivity index (χ4n) is 0.842. The van der Waals surface area contributed by atoms with E-state index in [1.165, 1.54) is 0 Å². The number of hydrogen-bond acceptors (Lipinski definition) is 1. The Hall–Kier alpha value is -1.16. The molecule has 0 spiro atoms. The molecule has 1 aromatic carbocycles. The summed E-state index contributed by atoms with van der Waals surface area (Å²) in [6.07, 6.45) is -2.29. The quantitative estimate of drug-likeness (QED) is 0.808. The summed E-state index contributed by atoms with van der Waals surface area (Å²) >= 11 is 5.47. The van der Waals surface area contributed by atoms with Crippen molar-refractivity contribution in [1.82, 2.24) is 0 Å². The lowest BCUT2D eigenvalue weighted by Crippen LogP contribution is -2.06. The molecule has 0 heterocycles. The first kappa shape index (κ1) is 9.92. The number of carboxylic acid groups (broad SMARTS) is 1. The number of rotatable bonds is 2. The van der Waals surface area contributed by atoms with Gasteiger partial charge in [0.15, 0.2) is 0 Å². The van der Waals surface area contributed by atoms with Gasteiger partial charge in [-0.05, 0) is 18.2 Å². The fraction of sp³-hybridized carbons (Fsp3) is 0.125. The average Bonchev–Trinajstić information content (AvgIpc) is 2.08. The van der Waals surface area contributed by atoms with Crippen LogP contribution >= 0.6 is 11.6 Å². The molecule has 0 saturated heterocycles. The largest absolute Gasteiger partial charge is 0.479 e. The Bertz CT molecular complexity index is 341. The fourth-order valence-corrected chi connectivity index (χ4v) is 1.06. The number of carboxylic acids is 1. The second-order valence-electron chi connectivity index (χ2n) is 2.37. The van der Waals surface area contributed by atoms with Crippen molar-refractivity contribution < 1.29 is 18.7 Å². The number of aliphatic carboxylic acids is 1. The Kier molecular flexibility index (Phi) is 2.83. The minimum absolute atomic E-state index is 0.101. The number of benzene rings is 1. The maximum atomic E-state index is 12.8. The number of halogens is 3. The lowest BCUT2D eigenvalue weighted by Gasteiger charge is -2.05. The Morgan fingerprint density at radius 2 is 2.15 bits per heavy atom. The van der Waals surface area contributed by atoms with Crippen molar-refractivity contribution in [3.8, 4) is 0 Å². The van der Waals surface area contributed by atoms with Crippen molar-refractivity contribution in [3.63, 3.8) is 0 Å². The predicted molar refractivity (Wildman–Crippen MR) is 42.9 cm³/mol. The zero-order valence-electron chi connectivity index (χ0n) is 6.30. The molecule has 0 aliphatic rings. The van der Waals surface area contributed by atoms with Gasteiger partial charge in [-0.15, -0.1) is 0 Å². The molecule has 70 valence electrons. The Morgan fingerprint density at radius 3 is 2.69 bits per heavy atom. The first-order valence-electron chi connectivity index (χ1n) is 3.34. The molecule has 0 bridgehead atoms. The van der Waals surface area contributed by atoms with Gasteiger partial charge in [0.05, 0.1) is 0 Å². The SMILES string of the molecule is O=C(O)C(F)c1cc(F)ccc1Cl. The van der Waals surface area contributed by atoms with Gasteiger partial charge >= 0.3 is 5.97 Å². The second-order valence-corrected chi connectivity index (χ2v) is 2.77. The highest BCUT2D eigenvalue weighted by molar-refractivity contribution is 6.31. The Morgan fingerprint density at radius 1 is 1.54 bits per heavy atom. The van der Waals surface area contributed by atoms with E-state index in [-0.39, 0.29) is 10.6 Å². The minimum Gasteiger partial charge on any atom is -0.479 e. The van der Waals surface area contributed by atoms with Crippen LogP contribution in [0.25, 0.3) is 0 Å². The maximum Gasteiger partial charge on any atom is 0.343 e. The van der Waals surface area contributed by atoms with E-state index in [0.29, 0.717) is 0 Å². The summed E-state index contributed by atoms with van der Waals surface area (Å²) < 4.78 is 25.4. The topological polar surface area (TPSA) is 37.3 Å². The molecule has 1 unspecified atom stereocenters. The van der Waals surface area contributed by atoms with Crippen molar-refractivity contribution >= 4 is 17.6 Å². The summed E-state index contributed by atoms with van der Waals surface area (Å²) in [5, 5.41) is 8.19. The van der Waals surface area contributed by atoms with Crippen molar-refractivity contribution in [3.05, 3.63) is 34.6 Å². The first-order chi connectivity index (χ1) is 6.02. The zero-order valence-corrected chi connectivity index (χ0v) is 7.05. The monoisotopic (exact) mass is 206 g/mol. The van der Waals surface area contributed by atoms with Gasteiger partial charge in [0.1, 0.15) is 5.82 Å². The molecular weight excluding hydrogens is 202 g/mol. The summed E-state index contributed by atoms with van der Waals surface area (Å²) in [6, 6.07) is 2.91. The lowest BCUT2D eigenvalue weighted by molar-refractivity contribution is -0.143.